The number of fused-ring (bicyclic) bond motifs is 10. The number of aromatic nitrogens is 2. The van der Waals surface area contributed by atoms with Gasteiger partial charge in [0.15, 0.2) is 5.58 Å². The molecule has 0 spiro atoms. The van der Waals surface area contributed by atoms with Crippen molar-refractivity contribution >= 4 is 71.2 Å². The van der Waals surface area contributed by atoms with Crippen LogP contribution in [0.4, 0.5) is 5.69 Å². The molecule has 0 aliphatic carbocycles. The van der Waals surface area contributed by atoms with Crippen LogP contribution in [0, 0.1) is 17.9 Å². The molecule has 3 aromatic heterocycles. The third-order valence-corrected chi connectivity index (χ3v) is 9.79. The van der Waals surface area contributed by atoms with Crippen molar-refractivity contribution in [3.8, 4) is 28.6 Å². The molecular formula is C44H24N4O. The van der Waals surface area contributed by atoms with Crippen molar-refractivity contribution in [1.82, 2.24) is 9.13 Å². The smallest absolute Gasteiger partial charge is 0.211 e. The van der Waals surface area contributed by atoms with Crippen LogP contribution in [0.3, 0.4) is 0 Å². The van der Waals surface area contributed by atoms with Crippen molar-refractivity contribution < 1.29 is 4.42 Å². The van der Waals surface area contributed by atoms with Crippen LogP contribution in [-0.2, 0) is 0 Å². The minimum absolute atomic E-state index is 0.527. The maximum atomic E-state index is 10.6. The molecule has 5 nitrogen and oxygen atoms in total. The summed E-state index contributed by atoms with van der Waals surface area (Å²) in [6, 6.07) is 51.7. The van der Waals surface area contributed by atoms with E-state index in [1.807, 2.05) is 72.8 Å². The van der Waals surface area contributed by atoms with E-state index in [9.17, 15) is 5.26 Å². The van der Waals surface area contributed by atoms with Crippen LogP contribution in [0.5, 0.6) is 0 Å². The first-order valence-electron chi connectivity index (χ1n) is 16.1. The highest BCUT2D eigenvalue weighted by Gasteiger charge is 2.23. The van der Waals surface area contributed by atoms with Crippen LogP contribution in [0.1, 0.15) is 5.56 Å². The predicted molar refractivity (Wildman–Crippen MR) is 199 cm³/mol. The van der Waals surface area contributed by atoms with Gasteiger partial charge in [0.05, 0.1) is 45.6 Å². The van der Waals surface area contributed by atoms with Gasteiger partial charge in [-0.1, -0.05) is 97.1 Å². The van der Waals surface area contributed by atoms with Gasteiger partial charge >= 0.3 is 0 Å². The van der Waals surface area contributed by atoms with Gasteiger partial charge in [0.2, 0.25) is 5.69 Å². The van der Waals surface area contributed by atoms with Gasteiger partial charge in [0.1, 0.15) is 11.7 Å². The minimum Gasteiger partial charge on any atom is -0.454 e. The number of hydrogen-bond acceptors (Lipinski definition) is 2. The van der Waals surface area contributed by atoms with Gasteiger partial charge in [-0.3, -0.25) is 0 Å². The van der Waals surface area contributed by atoms with E-state index in [1.54, 1.807) is 0 Å². The summed E-state index contributed by atoms with van der Waals surface area (Å²) in [4.78, 5) is 4.07. The summed E-state index contributed by atoms with van der Waals surface area (Å²) in [5, 5.41) is 17.1. The van der Waals surface area contributed by atoms with Gasteiger partial charge in [-0.2, -0.15) is 5.26 Å². The number of hydrogen-bond donors (Lipinski definition) is 0. The molecule has 0 aliphatic heterocycles. The standard InChI is InChI=1S/C44H24N4O/c1-46-36-25-27(21-24-40(36)47-37-17-6-2-12-30(37)31-13-3-7-18-38(31)47)29-16-10-11-28(26-45)42(29)48-39-19-8-4-14-32(39)34-22-23-35-33-15-5-9-20-41(33)49-44(35)43(34)48/h2-25H. The molecule has 10 rings (SSSR count). The summed E-state index contributed by atoms with van der Waals surface area (Å²) in [5.41, 5.74) is 9.91. The number of benzene rings is 7. The zero-order chi connectivity index (χ0) is 32.6. The highest BCUT2D eigenvalue weighted by Crippen LogP contribution is 2.44. The van der Waals surface area contributed by atoms with E-state index < -0.39 is 0 Å². The predicted octanol–water partition coefficient (Wildman–Crippen LogP) is 11.9. The molecule has 0 aliphatic rings. The maximum absolute atomic E-state index is 10.6. The van der Waals surface area contributed by atoms with Gasteiger partial charge in [-0.15, -0.1) is 0 Å². The average molecular weight is 625 g/mol. The molecule has 0 amide bonds. The lowest BCUT2D eigenvalue weighted by molar-refractivity contribution is 0.671. The molecule has 226 valence electrons. The van der Waals surface area contributed by atoms with Gasteiger partial charge in [-0.05, 0) is 54.1 Å². The molecule has 0 fully saturated rings. The second kappa shape index (κ2) is 10.2. The monoisotopic (exact) mass is 624 g/mol. The number of nitriles is 1. The van der Waals surface area contributed by atoms with Crippen LogP contribution in [0.25, 0.3) is 92.9 Å². The second-order valence-corrected chi connectivity index (χ2v) is 12.3. The first kappa shape index (κ1) is 27.1. The van der Waals surface area contributed by atoms with E-state index in [1.165, 1.54) is 0 Å². The molecule has 0 saturated heterocycles. The van der Waals surface area contributed by atoms with Crippen LogP contribution in [-0.4, -0.2) is 9.13 Å². The summed E-state index contributed by atoms with van der Waals surface area (Å²) in [5.74, 6) is 0. The Labute approximate surface area is 280 Å². The SMILES string of the molecule is [C-]#[N+]c1cc(-c2cccc(C#N)c2-n2c3ccccc3c3ccc4c5ccccc5oc4c32)ccc1-n1c2ccccc2c2ccccc21. The van der Waals surface area contributed by atoms with Crippen molar-refractivity contribution in [2.24, 2.45) is 0 Å². The summed E-state index contributed by atoms with van der Waals surface area (Å²) in [7, 11) is 0. The van der Waals surface area contributed by atoms with Gasteiger partial charge < -0.3 is 13.6 Å². The third-order valence-electron chi connectivity index (χ3n) is 9.79. The number of para-hydroxylation sites is 5. The summed E-state index contributed by atoms with van der Waals surface area (Å²) >= 11 is 0. The molecule has 0 atom stereocenters. The molecule has 49 heavy (non-hydrogen) atoms. The van der Waals surface area contributed by atoms with Crippen LogP contribution in [0.15, 0.2) is 150 Å². The molecule has 0 N–H and O–H groups in total. The van der Waals surface area contributed by atoms with Gasteiger partial charge in [0.25, 0.3) is 0 Å². The fourth-order valence-electron chi connectivity index (χ4n) is 7.72. The normalized spacial score (nSPS) is 11.6. The molecule has 3 heterocycles. The lowest BCUT2D eigenvalue weighted by Crippen LogP contribution is -2.01. The quantitative estimate of drug-likeness (QED) is 0.184. The van der Waals surface area contributed by atoms with Crippen LogP contribution >= 0.6 is 0 Å². The van der Waals surface area contributed by atoms with Crippen LogP contribution < -0.4 is 0 Å². The van der Waals surface area contributed by atoms with E-state index in [0.717, 1.165) is 88.1 Å². The Kier molecular flexibility index (Phi) is 5.64. The Morgan fingerprint density at radius 1 is 0.571 bits per heavy atom. The van der Waals surface area contributed by atoms with Gasteiger partial charge in [0, 0.05) is 37.9 Å². The van der Waals surface area contributed by atoms with Crippen molar-refractivity contribution in [3.63, 3.8) is 0 Å². The first-order chi connectivity index (χ1) is 24.2. The van der Waals surface area contributed by atoms with E-state index in [0.29, 0.717) is 11.3 Å². The molecule has 0 bridgehead atoms. The molecule has 0 unspecified atom stereocenters. The fraction of sp³-hybridized carbons (Fsp3) is 0. The molecule has 0 saturated carbocycles. The molecule has 7 aromatic carbocycles. The number of rotatable bonds is 3. The maximum Gasteiger partial charge on any atom is 0.211 e. The fourth-order valence-corrected chi connectivity index (χ4v) is 7.72. The summed E-state index contributed by atoms with van der Waals surface area (Å²) in [6.07, 6.45) is 0. The highest BCUT2D eigenvalue weighted by atomic mass is 16.3. The molecule has 10 aromatic rings. The van der Waals surface area contributed by atoms with E-state index in [4.69, 9.17) is 11.0 Å². The molecule has 5 heteroatoms. The average Bonchev–Trinajstić information content (AvgIpc) is 3.82. The largest absolute Gasteiger partial charge is 0.454 e. The summed E-state index contributed by atoms with van der Waals surface area (Å²) < 4.78 is 11.0. The van der Waals surface area contributed by atoms with Crippen molar-refractivity contribution in [2.75, 3.05) is 0 Å². The Hall–Kier alpha value is -7.08. The first-order valence-corrected chi connectivity index (χ1v) is 16.1. The molecule has 0 radical (unpaired) electrons. The zero-order valence-electron chi connectivity index (χ0n) is 26.1. The zero-order valence-corrected chi connectivity index (χ0v) is 26.1. The Bertz CT molecular complexity index is 3030. The van der Waals surface area contributed by atoms with Crippen LogP contribution in [0.2, 0.25) is 0 Å². The topological polar surface area (TPSA) is 51.1 Å². The van der Waals surface area contributed by atoms with E-state index in [2.05, 4.69) is 92.8 Å². The van der Waals surface area contributed by atoms with Crippen molar-refractivity contribution in [2.45, 2.75) is 0 Å². The molecular weight excluding hydrogens is 601 g/mol. The van der Waals surface area contributed by atoms with Crippen molar-refractivity contribution in [3.05, 3.63) is 163 Å². The Balaban J connectivity index is 1.28. The number of nitrogens with zero attached hydrogens (tertiary/aromatic N) is 4. The Morgan fingerprint density at radius 3 is 1.88 bits per heavy atom. The summed E-state index contributed by atoms with van der Waals surface area (Å²) in [6.45, 7) is 8.33. The van der Waals surface area contributed by atoms with Crippen molar-refractivity contribution in [1.29, 1.82) is 5.26 Å². The lowest BCUT2D eigenvalue weighted by Gasteiger charge is -2.17. The lowest BCUT2D eigenvalue weighted by atomic mass is 9.98. The van der Waals surface area contributed by atoms with Gasteiger partial charge in [-0.25, -0.2) is 4.85 Å². The second-order valence-electron chi connectivity index (χ2n) is 12.3. The van der Waals surface area contributed by atoms with E-state index >= 15 is 0 Å². The Morgan fingerprint density at radius 2 is 1.18 bits per heavy atom. The van der Waals surface area contributed by atoms with E-state index in [-0.39, 0.29) is 0 Å². The highest BCUT2D eigenvalue weighted by molar-refractivity contribution is 6.22. The third kappa shape index (κ3) is 3.73. The minimum atomic E-state index is 0.527. The number of furan rings is 1.